The molecular formula is C8H12. The van der Waals surface area contributed by atoms with Crippen LogP contribution in [-0.2, 0) is 0 Å². The first-order valence-corrected chi connectivity index (χ1v) is 2.81. The molecule has 0 saturated carbocycles. The van der Waals surface area contributed by atoms with Crippen LogP contribution in [0.5, 0.6) is 0 Å². The fourth-order valence-electron chi connectivity index (χ4n) is 0.381. The van der Waals surface area contributed by atoms with Crippen LogP contribution in [0.3, 0.4) is 0 Å². The standard InChI is InChI=1S/C8H12/c1-5-7(3)8(4)6-2/h1,6-7H,2-4H3. The van der Waals surface area contributed by atoms with E-state index in [1.54, 1.807) is 0 Å². The van der Waals surface area contributed by atoms with Crippen molar-refractivity contribution in [2.24, 2.45) is 5.92 Å². The molecule has 44 valence electrons. The zero-order valence-electron chi connectivity index (χ0n) is 5.73. The largest absolute Gasteiger partial charge is 0.119 e. The fourth-order valence-corrected chi connectivity index (χ4v) is 0.381. The molecule has 0 spiro atoms. The number of terminal acetylenes is 1. The van der Waals surface area contributed by atoms with Gasteiger partial charge in [-0.25, -0.2) is 0 Å². The maximum Gasteiger partial charge on any atom is 0.0378 e. The molecule has 0 aromatic heterocycles. The van der Waals surface area contributed by atoms with E-state index in [9.17, 15) is 0 Å². The third kappa shape index (κ3) is 1.84. The summed E-state index contributed by atoms with van der Waals surface area (Å²) in [6, 6.07) is 0. The van der Waals surface area contributed by atoms with Gasteiger partial charge in [-0.15, -0.1) is 6.42 Å². The van der Waals surface area contributed by atoms with Crippen molar-refractivity contribution < 1.29 is 0 Å². The highest BCUT2D eigenvalue weighted by Gasteiger charge is 1.94. The van der Waals surface area contributed by atoms with Crippen molar-refractivity contribution in [2.45, 2.75) is 20.8 Å². The Morgan fingerprint density at radius 1 is 1.75 bits per heavy atom. The molecule has 0 aliphatic carbocycles. The van der Waals surface area contributed by atoms with E-state index in [4.69, 9.17) is 6.42 Å². The highest BCUT2D eigenvalue weighted by molar-refractivity contribution is 5.12. The highest BCUT2D eigenvalue weighted by atomic mass is 14.0. The van der Waals surface area contributed by atoms with Crippen LogP contribution < -0.4 is 0 Å². The van der Waals surface area contributed by atoms with E-state index in [0.717, 1.165) is 0 Å². The van der Waals surface area contributed by atoms with Crippen LogP contribution in [0, 0.1) is 18.3 Å². The molecular weight excluding hydrogens is 96.1 g/mol. The van der Waals surface area contributed by atoms with Crippen LogP contribution in [0.15, 0.2) is 11.6 Å². The molecule has 0 fully saturated rings. The molecule has 0 radical (unpaired) electrons. The molecule has 0 amide bonds. The molecule has 0 heteroatoms. The van der Waals surface area contributed by atoms with Gasteiger partial charge in [-0.1, -0.05) is 17.6 Å². The lowest BCUT2D eigenvalue weighted by Crippen LogP contribution is -1.89. The summed E-state index contributed by atoms with van der Waals surface area (Å²) in [7, 11) is 0. The van der Waals surface area contributed by atoms with E-state index in [0.29, 0.717) is 5.92 Å². The van der Waals surface area contributed by atoms with E-state index in [1.165, 1.54) is 5.57 Å². The van der Waals surface area contributed by atoms with Crippen LogP contribution in [-0.4, -0.2) is 0 Å². The number of allylic oxidation sites excluding steroid dienone is 2. The molecule has 1 unspecified atom stereocenters. The molecule has 0 saturated heterocycles. The minimum atomic E-state index is 0.306. The van der Waals surface area contributed by atoms with Crippen molar-refractivity contribution in [1.82, 2.24) is 0 Å². The van der Waals surface area contributed by atoms with Gasteiger partial charge >= 0.3 is 0 Å². The second-order valence-electron chi connectivity index (χ2n) is 1.92. The van der Waals surface area contributed by atoms with Gasteiger partial charge in [0, 0.05) is 5.92 Å². The zero-order chi connectivity index (χ0) is 6.57. The third-order valence-corrected chi connectivity index (χ3v) is 1.39. The molecule has 0 nitrogen and oxygen atoms in total. The number of hydrogen-bond donors (Lipinski definition) is 0. The Morgan fingerprint density at radius 2 is 2.25 bits per heavy atom. The van der Waals surface area contributed by atoms with Crippen molar-refractivity contribution in [3.8, 4) is 12.3 Å². The van der Waals surface area contributed by atoms with E-state index >= 15 is 0 Å². The first-order chi connectivity index (χ1) is 3.72. The Bertz CT molecular complexity index is 123. The minimum absolute atomic E-state index is 0.306. The number of rotatable bonds is 1. The second kappa shape index (κ2) is 3.32. The lowest BCUT2D eigenvalue weighted by Gasteiger charge is -2.00. The average Bonchev–Trinajstić information content (AvgIpc) is 1.84. The minimum Gasteiger partial charge on any atom is -0.119 e. The average molecular weight is 108 g/mol. The van der Waals surface area contributed by atoms with Gasteiger partial charge in [0.25, 0.3) is 0 Å². The van der Waals surface area contributed by atoms with Gasteiger partial charge in [0.05, 0.1) is 0 Å². The SMILES string of the molecule is C#CC(C)C(C)=CC. The van der Waals surface area contributed by atoms with Gasteiger partial charge in [-0.3, -0.25) is 0 Å². The predicted octanol–water partition coefficient (Wildman–Crippen LogP) is 2.22. The molecule has 1 atom stereocenters. The summed E-state index contributed by atoms with van der Waals surface area (Å²) >= 11 is 0. The van der Waals surface area contributed by atoms with E-state index in [1.807, 2.05) is 26.8 Å². The van der Waals surface area contributed by atoms with Crippen LogP contribution in [0.25, 0.3) is 0 Å². The Morgan fingerprint density at radius 3 is 2.38 bits per heavy atom. The number of hydrogen-bond acceptors (Lipinski definition) is 0. The molecule has 8 heavy (non-hydrogen) atoms. The molecule has 0 rings (SSSR count). The fraction of sp³-hybridized carbons (Fsp3) is 0.500. The monoisotopic (exact) mass is 108 g/mol. The Labute approximate surface area is 51.6 Å². The molecule has 0 aliphatic heterocycles. The smallest absolute Gasteiger partial charge is 0.0378 e. The Balaban J connectivity index is 3.87. The van der Waals surface area contributed by atoms with Gasteiger partial charge in [0.15, 0.2) is 0 Å². The Kier molecular flexibility index (Phi) is 3.03. The lowest BCUT2D eigenvalue weighted by molar-refractivity contribution is 0.894. The first kappa shape index (κ1) is 7.30. The molecule has 0 bridgehead atoms. The highest BCUT2D eigenvalue weighted by Crippen LogP contribution is 2.05. The van der Waals surface area contributed by atoms with E-state index < -0.39 is 0 Å². The molecule has 0 N–H and O–H groups in total. The zero-order valence-corrected chi connectivity index (χ0v) is 5.73. The first-order valence-electron chi connectivity index (χ1n) is 2.81. The maximum absolute atomic E-state index is 5.16. The second-order valence-corrected chi connectivity index (χ2v) is 1.92. The van der Waals surface area contributed by atoms with Crippen molar-refractivity contribution in [2.75, 3.05) is 0 Å². The summed E-state index contributed by atoms with van der Waals surface area (Å²) < 4.78 is 0. The topological polar surface area (TPSA) is 0 Å². The maximum atomic E-state index is 5.16. The van der Waals surface area contributed by atoms with Gasteiger partial charge < -0.3 is 0 Å². The quantitative estimate of drug-likeness (QED) is 0.357. The summed E-state index contributed by atoms with van der Waals surface area (Å²) in [5, 5.41) is 0. The van der Waals surface area contributed by atoms with Crippen molar-refractivity contribution in [1.29, 1.82) is 0 Å². The van der Waals surface area contributed by atoms with Crippen molar-refractivity contribution in [3.63, 3.8) is 0 Å². The van der Waals surface area contributed by atoms with Gasteiger partial charge in [-0.2, -0.15) is 0 Å². The van der Waals surface area contributed by atoms with Crippen molar-refractivity contribution in [3.05, 3.63) is 11.6 Å². The summed E-state index contributed by atoms with van der Waals surface area (Å²) in [6.45, 7) is 6.07. The van der Waals surface area contributed by atoms with E-state index in [2.05, 4.69) is 5.92 Å². The molecule has 0 heterocycles. The van der Waals surface area contributed by atoms with Crippen LogP contribution in [0.4, 0.5) is 0 Å². The third-order valence-electron chi connectivity index (χ3n) is 1.39. The van der Waals surface area contributed by atoms with Crippen LogP contribution in [0.2, 0.25) is 0 Å². The van der Waals surface area contributed by atoms with Gasteiger partial charge in [0.1, 0.15) is 0 Å². The molecule has 0 aliphatic rings. The van der Waals surface area contributed by atoms with Crippen LogP contribution in [0.1, 0.15) is 20.8 Å². The summed E-state index contributed by atoms with van der Waals surface area (Å²) in [6.07, 6.45) is 7.20. The van der Waals surface area contributed by atoms with Gasteiger partial charge in [0.2, 0.25) is 0 Å². The molecule has 0 aromatic rings. The van der Waals surface area contributed by atoms with Crippen LogP contribution >= 0.6 is 0 Å². The van der Waals surface area contributed by atoms with E-state index in [-0.39, 0.29) is 0 Å². The normalized spacial score (nSPS) is 15.0. The Hall–Kier alpha value is -0.700. The van der Waals surface area contributed by atoms with Gasteiger partial charge in [-0.05, 0) is 20.8 Å². The van der Waals surface area contributed by atoms with Crippen molar-refractivity contribution >= 4 is 0 Å². The molecule has 0 aromatic carbocycles. The summed E-state index contributed by atoms with van der Waals surface area (Å²) in [5.74, 6) is 2.95. The summed E-state index contributed by atoms with van der Waals surface area (Å²) in [4.78, 5) is 0. The lowest BCUT2D eigenvalue weighted by atomic mass is 10.0. The summed E-state index contributed by atoms with van der Waals surface area (Å²) in [5.41, 5.74) is 1.27. The predicted molar refractivity (Wildman–Crippen MR) is 37.4 cm³/mol.